The first kappa shape index (κ1) is 17.9. The van der Waals surface area contributed by atoms with Crippen molar-refractivity contribution in [2.75, 3.05) is 6.54 Å². The van der Waals surface area contributed by atoms with Gasteiger partial charge in [0.05, 0.1) is 16.5 Å². The SMILES string of the molecule is N#CC(=C\c1cccc2ccccc12)/C=C1\SC(=S)N(CC(=O)O)C1=O. The van der Waals surface area contributed by atoms with Crippen LogP contribution in [-0.4, -0.2) is 32.7 Å². The summed E-state index contributed by atoms with van der Waals surface area (Å²) in [7, 11) is 0. The highest BCUT2D eigenvalue weighted by Crippen LogP contribution is 2.32. The minimum Gasteiger partial charge on any atom is -0.480 e. The maximum Gasteiger partial charge on any atom is 0.323 e. The van der Waals surface area contributed by atoms with E-state index in [0.29, 0.717) is 0 Å². The van der Waals surface area contributed by atoms with Crippen molar-refractivity contribution in [3.8, 4) is 6.07 Å². The molecule has 7 heteroatoms. The summed E-state index contributed by atoms with van der Waals surface area (Å²) in [4.78, 5) is 24.4. The molecular weight excluding hydrogens is 368 g/mol. The average Bonchev–Trinajstić information content (AvgIpc) is 2.88. The number of thiocarbonyl (C=S) groups is 1. The molecule has 1 fully saturated rings. The molecular formula is C19H12N2O3S2. The van der Waals surface area contributed by atoms with Crippen LogP contribution in [0.3, 0.4) is 0 Å². The average molecular weight is 380 g/mol. The lowest BCUT2D eigenvalue weighted by Crippen LogP contribution is -2.33. The molecule has 0 aliphatic carbocycles. The van der Waals surface area contributed by atoms with Gasteiger partial charge in [0.1, 0.15) is 10.9 Å². The van der Waals surface area contributed by atoms with Gasteiger partial charge in [0.15, 0.2) is 0 Å². The lowest BCUT2D eigenvalue weighted by atomic mass is 10.0. The Bertz CT molecular complexity index is 1030. The maximum absolute atomic E-state index is 12.3. The summed E-state index contributed by atoms with van der Waals surface area (Å²) in [5.74, 6) is -1.64. The molecule has 0 radical (unpaired) electrons. The van der Waals surface area contributed by atoms with E-state index in [4.69, 9.17) is 17.3 Å². The van der Waals surface area contributed by atoms with E-state index >= 15 is 0 Å². The summed E-state index contributed by atoms with van der Waals surface area (Å²) in [5.41, 5.74) is 1.15. The zero-order valence-corrected chi connectivity index (χ0v) is 15.0. The fraction of sp³-hybridized carbons (Fsp3) is 0.0526. The quantitative estimate of drug-likeness (QED) is 0.496. The van der Waals surface area contributed by atoms with Crippen molar-refractivity contribution in [2.24, 2.45) is 0 Å². The first-order chi connectivity index (χ1) is 12.5. The largest absolute Gasteiger partial charge is 0.480 e. The molecule has 2 aromatic rings. The number of thioether (sulfide) groups is 1. The molecule has 1 amide bonds. The van der Waals surface area contributed by atoms with Gasteiger partial charge in [-0.1, -0.05) is 66.4 Å². The van der Waals surface area contributed by atoms with Gasteiger partial charge in [0, 0.05) is 0 Å². The number of carboxylic acids is 1. The Morgan fingerprint density at radius 3 is 2.73 bits per heavy atom. The predicted octanol–water partition coefficient (Wildman–Crippen LogP) is 3.58. The molecule has 0 saturated carbocycles. The highest BCUT2D eigenvalue weighted by atomic mass is 32.2. The number of rotatable bonds is 4. The number of carbonyl (C=O) groups is 2. The maximum atomic E-state index is 12.3. The van der Waals surface area contributed by atoms with Gasteiger partial charge in [-0.3, -0.25) is 14.5 Å². The molecule has 2 aromatic carbocycles. The van der Waals surface area contributed by atoms with Crippen molar-refractivity contribution in [1.82, 2.24) is 4.90 Å². The third kappa shape index (κ3) is 3.67. The first-order valence-corrected chi connectivity index (χ1v) is 8.79. The number of benzene rings is 2. The van der Waals surface area contributed by atoms with Crippen LogP contribution in [0, 0.1) is 11.3 Å². The topological polar surface area (TPSA) is 81.4 Å². The molecule has 5 nitrogen and oxygen atoms in total. The van der Waals surface area contributed by atoms with E-state index in [1.807, 2.05) is 42.5 Å². The fourth-order valence-electron chi connectivity index (χ4n) is 2.56. The lowest BCUT2D eigenvalue weighted by Gasteiger charge is -2.10. The Balaban J connectivity index is 1.97. The molecule has 0 aromatic heterocycles. The van der Waals surface area contributed by atoms with Gasteiger partial charge in [-0.2, -0.15) is 5.26 Å². The van der Waals surface area contributed by atoms with Crippen LogP contribution in [0.15, 0.2) is 59.0 Å². The Morgan fingerprint density at radius 2 is 2.00 bits per heavy atom. The van der Waals surface area contributed by atoms with Crippen LogP contribution < -0.4 is 0 Å². The van der Waals surface area contributed by atoms with Crippen molar-refractivity contribution in [3.63, 3.8) is 0 Å². The van der Waals surface area contributed by atoms with Crippen molar-refractivity contribution in [2.45, 2.75) is 0 Å². The van der Waals surface area contributed by atoms with Crippen LogP contribution in [-0.2, 0) is 9.59 Å². The van der Waals surface area contributed by atoms with Crippen LogP contribution in [0.4, 0.5) is 0 Å². The summed E-state index contributed by atoms with van der Waals surface area (Å²) in [6, 6.07) is 15.6. The second-order valence-electron chi connectivity index (χ2n) is 5.44. The third-order valence-corrected chi connectivity index (χ3v) is 5.09. The summed E-state index contributed by atoms with van der Waals surface area (Å²) in [6.45, 7) is -0.489. The van der Waals surface area contributed by atoms with Crippen molar-refractivity contribution < 1.29 is 14.7 Å². The van der Waals surface area contributed by atoms with Gasteiger partial charge in [0.25, 0.3) is 5.91 Å². The third-order valence-electron chi connectivity index (χ3n) is 3.72. The van der Waals surface area contributed by atoms with Gasteiger partial charge in [-0.05, 0) is 28.5 Å². The zero-order chi connectivity index (χ0) is 18.7. The number of fused-ring (bicyclic) bond motifs is 1. The number of nitriles is 1. The van der Waals surface area contributed by atoms with Crippen LogP contribution >= 0.6 is 24.0 Å². The molecule has 3 rings (SSSR count). The summed E-state index contributed by atoms with van der Waals surface area (Å²) in [6.07, 6.45) is 3.15. The zero-order valence-electron chi connectivity index (χ0n) is 13.4. The lowest BCUT2D eigenvalue weighted by molar-refractivity contribution is -0.140. The van der Waals surface area contributed by atoms with Crippen LogP contribution in [0.25, 0.3) is 16.8 Å². The van der Waals surface area contributed by atoms with E-state index in [1.54, 1.807) is 6.08 Å². The van der Waals surface area contributed by atoms with E-state index in [2.05, 4.69) is 6.07 Å². The number of amides is 1. The van der Waals surface area contributed by atoms with E-state index < -0.39 is 18.4 Å². The second-order valence-corrected chi connectivity index (χ2v) is 7.12. The number of carboxylic acid groups (broad SMARTS) is 1. The smallest absolute Gasteiger partial charge is 0.323 e. The van der Waals surface area contributed by atoms with Gasteiger partial charge >= 0.3 is 5.97 Å². The molecule has 0 atom stereocenters. The van der Waals surface area contributed by atoms with E-state index in [0.717, 1.165) is 33.0 Å². The Hall–Kier alpha value is -2.95. The first-order valence-electron chi connectivity index (χ1n) is 7.56. The standard InChI is InChI=1S/C19H12N2O3S2/c20-10-12(8-14-6-3-5-13-4-1-2-7-15(13)14)9-16-18(24)21(11-17(22)23)19(25)26-16/h1-9H,11H2,(H,22,23)/b12-8-,16-9-. The van der Waals surface area contributed by atoms with Gasteiger partial charge in [-0.25, -0.2) is 0 Å². The molecule has 1 saturated heterocycles. The highest BCUT2D eigenvalue weighted by molar-refractivity contribution is 8.26. The normalized spacial score (nSPS) is 16.3. The Kier molecular flexibility index (Phi) is 5.16. The second kappa shape index (κ2) is 7.52. The number of hydrogen-bond acceptors (Lipinski definition) is 5. The number of nitrogens with zero attached hydrogens (tertiary/aromatic N) is 2. The monoisotopic (exact) mass is 380 g/mol. The van der Waals surface area contributed by atoms with Crippen molar-refractivity contribution in [1.29, 1.82) is 5.26 Å². The van der Waals surface area contributed by atoms with E-state index in [9.17, 15) is 14.9 Å². The van der Waals surface area contributed by atoms with Crippen LogP contribution in [0.1, 0.15) is 5.56 Å². The molecule has 128 valence electrons. The molecule has 0 bridgehead atoms. The summed E-state index contributed by atoms with van der Waals surface area (Å²) >= 11 is 6.05. The van der Waals surface area contributed by atoms with Crippen molar-refractivity contribution in [3.05, 3.63) is 64.6 Å². The number of hydrogen-bond donors (Lipinski definition) is 1. The van der Waals surface area contributed by atoms with Gasteiger partial charge in [0.2, 0.25) is 0 Å². The minimum atomic E-state index is -1.14. The van der Waals surface area contributed by atoms with Crippen LogP contribution in [0.5, 0.6) is 0 Å². The molecule has 26 heavy (non-hydrogen) atoms. The molecule has 0 spiro atoms. The summed E-state index contributed by atoms with van der Waals surface area (Å²) in [5, 5.41) is 20.4. The van der Waals surface area contributed by atoms with Gasteiger partial charge in [-0.15, -0.1) is 0 Å². The van der Waals surface area contributed by atoms with Crippen molar-refractivity contribution >= 4 is 57.0 Å². The van der Waals surface area contributed by atoms with E-state index in [-0.39, 0.29) is 14.8 Å². The Morgan fingerprint density at radius 1 is 1.27 bits per heavy atom. The molecule has 1 heterocycles. The minimum absolute atomic E-state index is 0.172. The molecule has 0 unspecified atom stereocenters. The van der Waals surface area contributed by atoms with Gasteiger partial charge < -0.3 is 5.11 Å². The number of carbonyl (C=O) groups excluding carboxylic acids is 1. The Labute approximate surface area is 159 Å². The molecule has 1 aliphatic heterocycles. The van der Waals surface area contributed by atoms with E-state index in [1.165, 1.54) is 6.08 Å². The molecule has 1 N–H and O–H groups in total. The highest BCUT2D eigenvalue weighted by Gasteiger charge is 2.33. The number of aliphatic carboxylic acids is 1. The van der Waals surface area contributed by atoms with Crippen LogP contribution in [0.2, 0.25) is 0 Å². The fourth-order valence-corrected chi connectivity index (χ4v) is 3.81. The predicted molar refractivity (Wildman–Crippen MR) is 105 cm³/mol. The summed E-state index contributed by atoms with van der Waals surface area (Å²) < 4.78 is 0.172. The number of allylic oxidation sites excluding steroid dienone is 2. The molecule has 1 aliphatic rings.